The molecule has 9 heteroatoms. The number of hydrogen-bond donors (Lipinski definition) is 1. The van der Waals surface area contributed by atoms with E-state index in [0.29, 0.717) is 28.6 Å². The van der Waals surface area contributed by atoms with Crippen molar-refractivity contribution < 1.29 is 14.3 Å². The van der Waals surface area contributed by atoms with E-state index in [1.54, 1.807) is 29.6 Å². The zero-order chi connectivity index (χ0) is 19.4. The van der Waals surface area contributed by atoms with Gasteiger partial charge in [-0.3, -0.25) is 9.59 Å². The number of nitrogens with zero attached hydrogens (tertiary/aromatic N) is 4. The minimum Gasteiger partial charge on any atom is -0.455 e. The summed E-state index contributed by atoms with van der Waals surface area (Å²) in [6.45, 7) is 3.58. The number of esters is 1. The monoisotopic (exact) mass is 387 g/mol. The van der Waals surface area contributed by atoms with Crippen LogP contribution in [0.2, 0.25) is 5.02 Å². The summed E-state index contributed by atoms with van der Waals surface area (Å²) in [5, 5.41) is 7.35. The van der Waals surface area contributed by atoms with E-state index in [1.165, 1.54) is 6.33 Å². The van der Waals surface area contributed by atoms with Crippen molar-refractivity contribution in [2.75, 3.05) is 6.61 Å². The number of hydrogen-bond acceptors (Lipinski definition) is 6. The van der Waals surface area contributed by atoms with Crippen molar-refractivity contribution in [3.63, 3.8) is 0 Å². The van der Waals surface area contributed by atoms with Crippen LogP contribution >= 0.6 is 11.6 Å². The van der Waals surface area contributed by atoms with Crippen molar-refractivity contribution in [2.24, 2.45) is 0 Å². The van der Waals surface area contributed by atoms with Gasteiger partial charge in [0.05, 0.1) is 6.42 Å². The fourth-order valence-corrected chi connectivity index (χ4v) is 2.86. The van der Waals surface area contributed by atoms with E-state index in [1.807, 2.05) is 13.0 Å². The summed E-state index contributed by atoms with van der Waals surface area (Å²) in [5.41, 5.74) is 3.01. The third-order valence-electron chi connectivity index (χ3n) is 4.05. The first kappa shape index (κ1) is 18.8. The number of nitrogens with one attached hydrogen (secondary N) is 1. The molecule has 0 unspecified atom stereocenters. The number of aromatic nitrogens is 4. The van der Waals surface area contributed by atoms with Crippen molar-refractivity contribution in [2.45, 2.75) is 26.8 Å². The molecule has 1 aromatic carbocycles. The molecule has 1 amide bonds. The molecule has 0 aliphatic carbocycles. The molecule has 0 bridgehead atoms. The number of carbonyl (C=O) groups is 2. The van der Waals surface area contributed by atoms with Gasteiger partial charge in [0.25, 0.3) is 11.7 Å². The molecule has 3 aromatic rings. The molecule has 0 fully saturated rings. The molecule has 2 heterocycles. The zero-order valence-electron chi connectivity index (χ0n) is 14.9. The Labute approximate surface area is 160 Å². The van der Waals surface area contributed by atoms with E-state index in [9.17, 15) is 9.59 Å². The summed E-state index contributed by atoms with van der Waals surface area (Å²) in [6.07, 6.45) is 1.41. The average Bonchev–Trinajstić information content (AvgIpc) is 3.10. The number of aryl methyl sites for hydroxylation is 2. The van der Waals surface area contributed by atoms with E-state index in [2.05, 4.69) is 20.4 Å². The van der Waals surface area contributed by atoms with Crippen LogP contribution in [0.1, 0.15) is 22.5 Å². The molecule has 0 spiro atoms. The van der Waals surface area contributed by atoms with Gasteiger partial charge in [-0.1, -0.05) is 23.7 Å². The van der Waals surface area contributed by atoms with E-state index in [4.69, 9.17) is 16.3 Å². The molecule has 0 saturated heterocycles. The molecule has 1 N–H and O–H groups in total. The van der Waals surface area contributed by atoms with Crippen LogP contribution in [0.3, 0.4) is 0 Å². The third kappa shape index (κ3) is 4.59. The van der Waals surface area contributed by atoms with Crippen LogP contribution in [0.15, 0.2) is 30.6 Å². The van der Waals surface area contributed by atoms with Gasteiger partial charge in [0.15, 0.2) is 6.61 Å². The second-order valence-electron chi connectivity index (χ2n) is 5.98. The maximum absolute atomic E-state index is 12.1. The van der Waals surface area contributed by atoms with Gasteiger partial charge in [-0.15, -0.1) is 0 Å². The molecule has 0 aliphatic heterocycles. The highest BCUT2D eigenvalue weighted by Crippen LogP contribution is 2.14. The number of carbonyl (C=O) groups excluding carboxylic acids is 2. The number of ether oxygens (including phenoxy) is 1. The second-order valence-corrected chi connectivity index (χ2v) is 6.41. The van der Waals surface area contributed by atoms with Crippen molar-refractivity contribution in [3.05, 3.63) is 58.1 Å². The summed E-state index contributed by atoms with van der Waals surface area (Å²) < 4.78 is 6.64. The first-order valence-electron chi connectivity index (χ1n) is 8.26. The number of halogens is 1. The summed E-state index contributed by atoms with van der Waals surface area (Å²) in [4.78, 5) is 32.3. The summed E-state index contributed by atoms with van der Waals surface area (Å²) in [5.74, 6) is -0.426. The van der Waals surface area contributed by atoms with Crippen LogP contribution in [0.5, 0.6) is 0 Å². The summed E-state index contributed by atoms with van der Waals surface area (Å²) in [6, 6.07) is 7.16. The van der Waals surface area contributed by atoms with Gasteiger partial charge in [0, 0.05) is 28.5 Å². The van der Waals surface area contributed by atoms with Crippen molar-refractivity contribution in [3.8, 4) is 0 Å². The molecule has 3 rings (SSSR count). The zero-order valence-corrected chi connectivity index (χ0v) is 15.7. The molecule has 2 aromatic heterocycles. The molecule has 140 valence electrons. The van der Waals surface area contributed by atoms with Crippen molar-refractivity contribution in [1.29, 1.82) is 0 Å². The Hall–Kier alpha value is -3.00. The standard InChI is InChI=1S/C18H18ClN5O3/c1-11-15(12(2)24-18(23-11)21-10-22-24)7-17(26)27-9-16(25)20-8-13-4-3-5-14(19)6-13/h3-6,10H,7-9H2,1-2H3,(H,20,25). The predicted molar refractivity (Wildman–Crippen MR) is 98.2 cm³/mol. The molecule has 27 heavy (non-hydrogen) atoms. The molecule has 8 nitrogen and oxygen atoms in total. The maximum Gasteiger partial charge on any atom is 0.310 e. The molecule has 0 radical (unpaired) electrons. The lowest BCUT2D eigenvalue weighted by Gasteiger charge is -2.10. The van der Waals surface area contributed by atoms with Gasteiger partial charge < -0.3 is 10.1 Å². The third-order valence-corrected chi connectivity index (χ3v) is 4.29. The Morgan fingerprint density at radius 3 is 2.89 bits per heavy atom. The normalized spacial score (nSPS) is 10.8. The average molecular weight is 388 g/mol. The minimum atomic E-state index is -0.514. The summed E-state index contributed by atoms with van der Waals surface area (Å²) in [7, 11) is 0. The van der Waals surface area contributed by atoms with Gasteiger partial charge in [-0.05, 0) is 31.5 Å². The van der Waals surface area contributed by atoms with E-state index in [0.717, 1.165) is 11.3 Å². The fraction of sp³-hybridized carbons (Fsp3) is 0.278. The first-order chi connectivity index (χ1) is 12.9. The number of benzene rings is 1. The van der Waals surface area contributed by atoms with Gasteiger partial charge in [0.2, 0.25) is 0 Å². The number of amides is 1. The topological polar surface area (TPSA) is 98.5 Å². The van der Waals surface area contributed by atoms with Crippen LogP contribution in [0.25, 0.3) is 5.78 Å². The van der Waals surface area contributed by atoms with E-state index >= 15 is 0 Å². The highest BCUT2D eigenvalue weighted by Gasteiger charge is 2.16. The highest BCUT2D eigenvalue weighted by molar-refractivity contribution is 6.30. The Bertz CT molecular complexity index is 1000. The smallest absolute Gasteiger partial charge is 0.310 e. The quantitative estimate of drug-likeness (QED) is 0.647. The SMILES string of the molecule is Cc1nc2ncnn2c(C)c1CC(=O)OCC(=O)NCc1cccc(Cl)c1. The van der Waals surface area contributed by atoms with Gasteiger partial charge in [-0.2, -0.15) is 10.1 Å². The maximum atomic E-state index is 12.1. The molecular formula is C18H18ClN5O3. The molecular weight excluding hydrogens is 370 g/mol. The second kappa shape index (κ2) is 8.13. The van der Waals surface area contributed by atoms with Gasteiger partial charge in [0.1, 0.15) is 6.33 Å². The Morgan fingerprint density at radius 1 is 1.30 bits per heavy atom. The lowest BCUT2D eigenvalue weighted by Crippen LogP contribution is -2.28. The summed E-state index contributed by atoms with van der Waals surface area (Å²) >= 11 is 5.90. The largest absolute Gasteiger partial charge is 0.455 e. The van der Waals surface area contributed by atoms with E-state index in [-0.39, 0.29) is 18.9 Å². The molecule has 0 saturated carbocycles. The predicted octanol–water partition coefficient (Wildman–Crippen LogP) is 1.80. The van der Waals surface area contributed by atoms with E-state index < -0.39 is 5.97 Å². The number of rotatable bonds is 6. The van der Waals surface area contributed by atoms with Crippen LogP contribution in [0.4, 0.5) is 0 Å². The number of fused-ring (bicyclic) bond motifs is 1. The Kier molecular flexibility index (Phi) is 5.66. The Morgan fingerprint density at radius 2 is 2.11 bits per heavy atom. The lowest BCUT2D eigenvalue weighted by atomic mass is 10.1. The Balaban J connectivity index is 1.53. The highest BCUT2D eigenvalue weighted by atomic mass is 35.5. The van der Waals surface area contributed by atoms with Crippen molar-refractivity contribution in [1.82, 2.24) is 24.9 Å². The lowest BCUT2D eigenvalue weighted by molar-refractivity contribution is -0.147. The van der Waals surface area contributed by atoms with Gasteiger partial charge >= 0.3 is 5.97 Å². The van der Waals surface area contributed by atoms with Crippen LogP contribution < -0.4 is 5.32 Å². The van der Waals surface area contributed by atoms with Crippen LogP contribution in [0, 0.1) is 13.8 Å². The fourth-order valence-electron chi connectivity index (χ4n) is 2.65. The first-order valence-corrected chi connectivity index (χ1v) is 8.64. The van der Waals surface area contributed by atoms with Crippen LogP contribution in [-0.4, -0.2) is 38.1 Å². The van der Waals surface area contributed by atoms with Gasteiger partial charge in [-0.25, -0.2) is 9.50 Å². The molecule has 0 aliphatic rings. The van der Waals surface area contributed by atoms with Crippen LogP contribution in [-0.2, 0) is 27.3 Å². The van der Waals surface area contributed by atoms with Crippen molar-refractivity contribution >= 4 is 29.3 Å². The molecule has 0 atom stereocenters. The minimum absolute atomic E-state index is 0.00202.